The Hall–Kier alpha value is -0.820. The zero-order chi connectivity index (χ0) is 10.9. The molecule has 0 unspecified atom stereocenters. The number of carbonyl (C=O) groups is 1. The van der Waals surface area contributed by atoms with E-state index in [4.69, 9.17) is 10.8 Å². The number of aromatic hydroxyl groups is 1. The molecule has 4 nitrogen and oxygen atoms in total. The zero-order valence-corrected chi connectivity index (χ0v) is 9.65. The van der Waals surface area contributed by atoms with Crippen LogP contribution in [0, 0.1) is 3.57 Å². The number of phenols is 1. The van der Waals surface area contributed by atoms with Crippen molar-refractivity contribution >= 4 is 28.6 Å². The van der Waals surface area contributed by atoms with Crippen molar-refractivity contribution in [2.75, 3.05) is 0 Å². The molecule has 0 bridgehead atoms. The van der Waals surface area contributed by atoms with Gasteiger partial charge in [0, 0.05) is 9.13 Å². The fourth-order valence-corrected chi connectivity index (χ4v) is 1.53. The van der Waals surface area contributed by atoms with Gasteiger partial charge in [-0.25, -0.2) is 4.79 Å². The normalized spacial score (nSPS) is 14.8. The molecule has 0 spiro atoms. The Morgan fingerprint density at radius 1 is 1.57 bits per heavy atom. The summed E-state index contributed by atoms with van der Waals surface area (Å²) in [5, 5.41) is 18.3. The summed E-state index contributed by atoms with van der Waals surface area (Å²) >= 11 is 2.03. The van der Waals surface area contributed by atoms with E-state index in [0.717, 1.165) is 3.57 Å². The molecule has 1 aromatic carbocycles. The number of rotatable bonds is 2. The summed E-state index contributed by atoms with van der Waals surface area (Å²) in [4.78, 5) is 10.8. The minimum atomic E-state index is -1.56. The van der Waals surface area contributed by atoms with E-state index >= 15 is 0 Å². The van der Waals surface area contributed by atoms with Gasteiger partial charge in [-0.15, -0.1) is 0 Å². The standard InChI is InChI=1S/C9H10INO3/c1-9(11,8(13)14)6-4-5(10)2-3-7(6)12/h2-4,12H,11H2,1H3,(H,13,14)/t9-/m0/s1. The Bertz CT molecular complexity index is 376. The average Bonchev–Trinajstić information content (AvgIpc) is 2.08. The number of hydrogen-bond donors (Lipinski definition) is 3. The lowest BCUT2D eigenvalue weighted by Crippen LogP contribution is -2.41. The second-order valence-corrected chi connectivity index (χ2v) is 4.41. The molecule has 1 aromatic rings. The lowest BCUT2D eigenvalue weighted by atomic mass is 9.93. The van der Waals surface area contributed by atoms with Gasteiger partial charge in [0.25, 0.3) is 0 Å². The molecule has 0 aliphatic carbocycles. The highest BCUT2D eigenvalue weighted by molar-refractivity contribution is 14.1. The maximum atomic E-state index is 10.8. The molecule has 0 saturated carbocycles. The number of carboxylic acids is 1. The SMILES string of the molecule is C[C@@](N)(C(=O)O)c1cc(I)ccc1O. The van der Waals surface area contributed by atoms with Crippen LogP contribution in [0.1, 0.15) is 12.5 Å². The number of phenolic OH excluding ortho intramolecular Hbond substituents is 1. The average molecular weight is 307 g/mol. The van der Waals surface area contributed by atoms with E-state index in [1.165, 1.54) is 13.0 Å². The third-order valence-electron chi connectivity index (χ3n) is 1.96. The first-order valence-electron chi connectivity index (χ1n) is 3.87. The largest absolute Gasteiger partial charge is 0.508 e. The number of carboxylic acid groups (broad SMARTS) is 1. The Kier molecular flexibility index (Phi) is 3.01. The van der Waals surface area contributed by atoms with Gasteiger partial charge in [-0.3, -0.25) is 0 Å². The van der Waals surface area contributed by atoms with Crippen molar-refractivity contribution in [3.8, 4) is 5.75 Å². The molecule has 14 heavy (non-hydrogen) atoms. The van der Waals surface area contributed by atoms with E-state index in [0.29, 0.717) is 0 Å². The van der Waals surface area contributed by atoms with Gasteiger partial charge in [0.15, 0.2) is 0 Å². The van der Waals surface area contributed by atoms with Crippen LogP contribution in [0.3, 0.4) is 0 Å². The van der Waals surface area contributed by atoms with Crippen LogP contribution in [0.2, 0.25) is 0 Å². The second kappa shape index (κ2) is 3.74. The predicted octanol–water partition coefficient (Wildman–Crippen LogP) is 1.26. The van der Waals surface area contributed by atoms with Gasteiger partial charge in [0.1, 0.15) is 11.3 Å². The van der Waals surface area contributed by atoms with E-state index in [2.05, 4.69) is 0 Å². The molecular weight excluding hydrogens is 297 g/mol. The molecule has 0 saturated heterocycles. The number of nitrogens with two attached hydrogens (primary N) is 1. The quantitative estimate of drug-likeness (QED) is 0.718. The monoisotopic (exact) mass is 307 g/mol. The van der Waals surface area contributed by atoms with E-state index < -0.39 is 11.5 Å². The second-order valence-electron chi connectivity index (χ2n) is 3.17. The first kappa shape index (κ1) is 11.3. The molecule has 0 fully saturated rings. The van der Waals surface area contributed by atoms with Crippen LogP contribution in [0.5, 0.6) is 5.75 Å². The summed E-state index contributed by atoms with van der Waals surface area (Å²) < 4.78 is 0.827. The van der Waals surface area contributed by atoms with Crippen molar-refractivity contribution in [3.63, 3.8) is 0 Å². The van der Waals surface area contributed by atoms with Crippen molar-refractivity contribution < 1.29 is 15.0 Å². The fourth-order valence-electron chi connectivity index (χ4n) is 1.04. The Morgan fingerprint density at radius 3 is 2.64 bits per heavy atom. The molecule has 5 heteroatoms. The highest BCUT2D eigenvalue weighted by Gasteiger charge is 2.32. The van der Waals surface area contributed by atoms with Crippen LogP contribution < -0.4 is 5.73 Å². The number of hydrogen-bond acceptors (Lipinski definition) is 3. The lowest BCUT2D eigenvalue weighted by Gasteiger charge is -2.20. The van der Waals surface area contributed by atoms with Crippen LogP contribution in [-0.2, 0) is 10.3 Å². The molecule has 0 aliphatic rings. The van der Waals surface area contributed by atoms with Crippen LogP contribution in [-0.4, -0.2) is 16.2 Å². The van der Waals surface area contributed by atoms with Crippen LogP contribution in [0.15, 0.2) is 18.2 Å². The molecule has 0 heterocycles. The molecule has 1 rings (SSSR count). The van der Waals surface area contributed by atoms with Gasteiger partial charge in [0.2, 0.25) is 0 Å². The van der Waals surface area contributed by atoms with Crippen molar-refractivity contribution in [3.05, 3.63) is 27.3 Å². The Balaban J connectivity index is 3.31. The van der Waals surface area contributed by atoms with Gasteiger partial charge in [-0.05, 0) is 47.7 Å². The molecule has 0 aliphatic heterocycles. The number of halogens is 1. The summed E-state index contributed by atoms with van der Waals surface area (Å²) in [7, 11) is 0. The van der Waals surface area contributed by atoms with Crippen molar-refractivity contribution in [2.45, 2.75) is 12.5 Å². The molecule has 1 atom stereocenters. The van der Waals surface area contributed by atoms with Crippen molar-refractivity contribution in [2.24, 2.45) is 5.73 Å². The molecule has 0 aromatic heterocycles. The fraction of sp³-hybridized carbons (Fsp3) is 0.222. The molecule has 0 radical (unpaired) electrons. The maximum absolute atomic E-state index is 10.8. The first-order chi connectivity index (χ1) is 6.35. The zero-order valence-electron chi connectivity index (χ0n) is 7.49. The molecular formula is C9H10INO3. The van der Waals surface area contributed by atoms with E-state index in [1.807, 2.05) is 22.6 Å². The first-order valence-corrected chi connectivity index (χ1v) is 4.95. The highest BCUT2D eigenvalue weighted by Crippen LogP contribution is 2.28. The van der Waals surface area contributed by atoms with Crippen LogP contribution in [0.4, 0.5) is 0 Å². The summed E-state index contributed by atoms with van der Waals surface area (Å²) in [5.41, 5.74) is 4.24. The Labute approximate surface area is 94.9 Å². The van der Waals surface area contributed by atoms with E-state index in [1.54, 1.807) is 12.1 Å². The smallest absolute Gasteiger partial charge is 0.328 e. The molecule has 4 N–H and O–H groups in total. The van der Waals surface area contributed by atoms with E-state index in [9.17, 15) is 9.90 Å². The third-order valence-corrected chi connectivity index (χ3v) is 2.63. The maximum Gasteiger partial charge on any atom is 0.328 e. The van der Waals surface area contributed by atoms with E-state index in [-0.39, 0.29) is 11.3 Å². The van der Waals surface area contributed by atoms with Gasteiger partial charge in [-0.2, -0.15) is 0 Å². The van der Waals surface area contributed by atoms with Crippen molar-refractivity contribution in [1.82, 2.24) is 0 Å². The molecule has 0 amide bonds. The van der Waals surface area contributed by atoms with Gasteiger partial charge in [-0.1, -0.05) is 0 Å². The van der Waals surface area contributed by atoms with Gasteiger partial charge >= 0.3 is 5.97 Å². The minimum Gasteiger partial charge on any atom is -0.508 e. The summed E-state index contributed by atoms with van der Waals surface area (Å²) in [6, 6.07) is 4.67. The Morgan fingerprint density at radius 2 is 2.14 bits per heavy atom. The minimum absolute atomic E-state index is 0.0992. The summed E-state index contributed by atoms with van der Waals surface area (Å²) in [6.07, 6.45) is 0. The summed E-state index contributed by atoms with van der Waals surface area (Å²) in [6.45, 7) is 1.35. The highest BCUT2D eigenvalue weighted by atomic mass is 127. The number of aliphatic carboxylic acids is 1. The van der Waals surface area contributed by atoms with Crippen LogP contribution in [0.25, 0.3) is 0 Å². The summed E-state index contributed by atoms with van der Waals surface area (Å²) in [5.74, 6) is -1.27. The molecule has 76 valence electrons. The number of benzene rings is 1. The predicted molar refractivity (Wildman–Crippen MR) is 60.0 cm³/mol. The third kappa shape index (κ3) is 1.98. The lowest BCUT2D eigenvalue weighted by molar-refractivity contribution is -0.143. The topological polar surface area (TPSA) is 83.6 Å². The van der Waals surface area contributed by atoms with Gasteiger partial charge < -0.3 is 15.9 Å². The van der Waals surface area contributed by atoms with Crippen molar-refractivity contribution in [1.29, 1.82) is 0 Å². The van der Waals surface area contributed by atoms with Gasteiger partial charge in [0.05, 0.1) is 0 Å². The van der Waals surface area contributed by atoms with Crippen LogP contribution >= 0.6 is 22.6 Å².